The fraction of sp³-hybridized carbons (Fsp3) is 0.522. The van der Waals surface area contributed by atoms with Crippen molar-refractivity contribution in [2.45, 2.75) is 57.8 Å². The maximum atomic E-state index is 13.5. The number of hydrogen-bond acceptors (Lipinski definition) is 3. The Balaban J connectivity index is 1.62. The van der Waals surface area contributed by atoms with Gasteiger partial charge >= 0.3 is 0 Å². The second-order valence-corrected chi connectivity index (χ2v) is 8.92. The number of piperidine rings is 1. The zero-order valence-corrected chi connectivity index (χ0v) is 18.0. The van der Waals surface area contributed by atoms with E-state index in [2.05, 4.69) is 0 Å². The number of aromatic nitrogens is 2. The van der Waals surface area contributed by atoms with E-state index in [-0.39, 0.29) is 11.8 Å². The molecule has 0 saturated carbocycles. The van der Waals surface area contributed by atoms with Gasteiger partial charge in [-0.15, -0.1) is 0 Å². The summed E-state index contributed by atoms with van der Waals surface area (Å²) < 4.78 is 1.94. The molecule has 1 fully saturated rings. The number of carbonyl (C=O) groups excluding carboxylic acids is 2. The number of benzene rings is 1. The normalized spacial score (nSPS) is 19.2. The van der Waals surface area contributed by atoms with Crippen LogP contribution in [0.4, 0.5) is 0 Å². The minimum absolute atomic E-state index is 0.0182. The van der Waals surface area contributed by atoms with Gasteiger partial charge in [0.1, 0.15) is 0 Å². The summed E-state index contributed by atoms with van der Waals surface area (Å²) in [6.07, 6.45) is 8.30. The highest BCUT2D eigenvalue weighted by Crippen LogP contribution is 2.29. The average molecular weight is 429 g/mol. The van der Waals surface area contributed by atoms with Crippen molar-refractivity contribution >= 4 is 23.4 Å². The Morgan fingerprint density at radius 1 is 1.10 bits per heavy atom. The molecule has 1 atom stereocenters. The molecule has 2 amide bonds. The van der Waals surface area contributed by atoms with Gasteiger partial charge in [-0.05, 0) is 75.1 Å². The van der Waals surface area contributed by atoms with Crippen LogP contribution in [-0.4, -0.2) is 39.6 Å². The molecular formula is C23H29ClN4O2. The summed E-state index contributed by atoms with van der Waals surface area (Å²) in [5.74, 6) is 0.0715. The number of fused-ring (bicyclic) bond motifs is 1. The summed E-state index contributed by atoms with van der Waals surface area (Å²) in [5, 5.41) is 5.50. The van der Waals surface area contributed by atoms with Gasteiger partial charge < -0.3 is 10.6 Å². The Hall–Kier alpha value is -2.34. The highest BCUT2D eigenvalue weighted by atomic mass is 35.5. The molecule has 1 aromatic heterocycles. The van der Waals surface area contributed by atoms with Gasteiger partial charge in [0.25, 0.3) is 5.91 Å². The predicted octanol–water partition coefficient (Wildman–Crippen LogP) is 3.91. The van der Waals surface area contributed by atoms with Crippen LogP contribution in [0.2, 0.25) is 5.02 Å². The molecule has 7 heteroatoms. The molecule has 2 N–H and O–H groups in total. The summed E-state index contributed by atoms with van der Waals surface area (Å²) in [5.41, 5.74) is 9.10. The fourth-order valence-electron chi connectivity index (χ4n) is 4.72. The number of nitrogens with two attached hydrogens (primary N) is 1. The zero-order valence-electron chi connectivity index (χ0n) is 17.3. The van der Waals surface area contributed by atoms with Crippen molar-refractivity contribution in [3.05, 3.63) is 46.2 Å². The van der Waals surface area contributed by atoms with Crippen LogP contribution in [0.5, 0.6) is 0 Å². The Morgan fingerprint density at radius 2 is 1.87 bits per heavy atom. The Morgan fingerprint density at radius 3 is 2.63 bits per heavy atom. The van der Waals surface area contributed by atoms with E-state index in [1.165, 1.54) is 6.42 Å². The first-order valence-electron chi connectivity index (χ1n) is 11.0. The van der Waals surface area contributed by atoms with E-state index in [4.69, 9.17) is 22.4 Å². The smallest absolute Gasteiger partial charge is 0.274 e. The third-order valence-corrected chi connectivity index (χ3v) is 6.56. The van der Waals surface area contributed by atoms with Gasteiger partial charge in [0.15, 0.2) is 5.69 Å². The minimum atomic E-state index is -0.273. The number of likely N-dealkylation sites (tertiary alicyclic amines) is 1. The van der Waals surface area contributed by atoms with Crippen molar-refractivity contribution < 1.29 is 9.59 Å². The van der Waals surface area contributed by atoms with E-state index >= 15 is 0 Å². The van der Waals surface area contributed by atoms with Crippen LogP contribution >= 0.6 is 11.6 Å². The number of nitrogens with zero attached hydrogens (tertiary/aromatic N) is 3. The van der Waals surface area contributed by atoms with Crippen LogP contribution in [0.3, 0.4) is 0 Å². The van der Waals surface area contributed by atoms with E-state index < -0.39 is 0 Å². The molecule has 2 aromatic rings. The van der Waals surface area contributed by atoms with Gasteiger partial charge in [-0.25, -0.2) is 4.68 Å². The van der Waals surface area contributed by atoms with Gasteiger partial charge in [0, 0.05) is 35.8 Å². The van der Waals surface area contributed by atoms with Gasteiger partial charge in [-0.1, -0.05) is 18.0 Å². The lowest BCUT2D eigenvalue weighted by atomic mass is 9.93. The molecule has 1 unspecified atom stereocenters. The maximum Gasteiger partial charge on any atom is 0.274 e. The number of rotatable bonds is 5. The lowest BCUT2D eigenvalue weighted by Crippen LogP contribution is -2.40. The Kier molecular flexibility index (Phi) is 6.42. The van der Waals surface area contributed by atoms with Crippen molar-refractivity contribution in [2.75, 3.05) is 13.1 Å². The van der Waals surface area contributed by atoms with E-state index in [9.17, 15) is 9.59 Å². The largest absolute Gasteiger partial charge is 0.370 e. The number of hydrogen-bond donors (Lipinski definition) is 1. The van der Waals surface area contributed by atoms with Crippen LogP contribution in [0.15, 0.2) is 24.3 Å². The zero-order chi connectivity index (χ0) is 21.1. The first kappa shape index (κ1) is 20.9. The molecule has 160 valence electrons. The second-order valence-electron chi connectivity index (χ2n) is 8.49. The third-order valence-electron chi connectivity index (χ3n) is 6.31. The molecule has 30 heavy (non-hydrogen) atoms. The van der Waals surface area contributed by atoms with Gasteiger partial charge in [-0.3, -0.25) is 9.59 Å². The van der Waals surface area contributed by atoms with Crippen LogP contribution in [0, 0.1) is 5.92 Å². The molecule has 2 aliphatic rings. The number of amides is 2. The summed E-state index contributed by atoms with van der Waals surface area (Å²) in [7, 11) is 0. The highest BCUT2D eigenvalue weighted by Gasteiger charge is 2.30. The SMILES string of the molecule is NC(=O)CCC1CCCN(C(=O)c2nn(-c3ccc(Cl)cc3)c3c2CCCCC3)C1. The summed E-state index contributed by atoms with van der Waals surface area (Å²) in [6, 6.07) is 7.62. The molecule has 0 spiro atoms. The van der Waals surface area contributed by atoms with E-state index in [1.807, 2.05) is 33.8 Å². The maximum absolute atomic E-state index is 13.5. The van der Waals surface area contributed by atoms with E-state index in [0.29, 0.717) is 29.6 Å². The first-order valence-corrected chi connectivity index (χ1v) is 11.3. The molecule has 1 saturated heterocycles. The standard InChI is InChI=1S/C23H29ClN4O2/c24-17-9-11-18(12-10-17)28-20-7-3-1-2-6-19(20)22(26-28)23(30)27-14-4-5-16(15-27)8-13-21(25)29/h9-12,16H,1-8,13-15H2,(H2,25,29). The minimum Gasteiger partial charge on any atom is -0.370 e. The topological polar surface area (TPSA) is 81.2 Å². The molecule has 0 radical (unpaired) electrons. The number of primary amides is 1. The predicted molar refractivity (Wildman–Crippen MR) is 117 cm³/mol. The van der Waals surface area contributed by atoms with E-state index in [1.54, 1.807) is 0 Å². The van der Waals surface area contributed by atoms with Crippen LogP contribution in [0.25, 0.3) is 5.69 Å². The average Bonchev–Trinajstić information content (AvgIpc) is 2.93. The van der Waals surface area contributed by atoms with Crippen LogP contribution in [-0.2, 0) is 17.6 Å². The molecular weight excluding hydrogens is 400 g/mol. The lowest BCUT2D eigenvalue weighted by molar-refractivity contribution is -0.118. The molecule has 0 bridgehead atoms. The monoisotopic (exact) mass is 428 g/mol. The fourth-order valence-corrected chi connectivity index (χ4v) is 4.85. The van der Waals surface area contributed by atoms with Crippen LogP contribution in [0.1, 0.15) is 66.7 Å². The quantitative estimate of drug-likeness (QED) is 0.733. The molecule has 2 heterocycles. The highest BCUT2D eigenvalue weighted by molar-refractivity contribution is 6.30. The van der Waals surface area contributed by atoms with Gasteiger partial charge in [-0.2, -0.15) is 5.10 Å². The first-order chi connectivity index (χ1) is 14.5. The molecule has 1 aliphatic carbocycles. The van der Waals surface area contributed by atoms with Crippen molar-refractivity contribution in [1.29, 1.82) is 0 Å². The molecule has 1 aromatic carbocycles. The second kappa shape index (κ2) is 9.21. The van der Waals surface area contributed by atoms with E-state index in [0.717, 1.165) is 68.4 Å². The Bertz CT molecular complexity index is 922. The Labute approximate surface area is 182 Å². The third kappa shape index (κ3) is 4.53. The number of carbonyl (C=O) groups is 2. The molecule has 6 nitrogen and oxygen atoms in total. The molecule has 1 aliphatic heterocycles. The number of halogens is 1. The van der Waals surface area contributed by atoms with Crippen molar-refractivity contribution in [2.24, 2.45) is 11.7 Å². The molecule has 4 rings (SSSR count). The van der Waals surface area contributed by atoms with Crippen molar-refractivity contribution in [1.82, 2.24) is 14.7 Å². The lowest BCUT2D eigenvalue weighted by Gasteiger charge is -2.32. The summed E-state index contributed by atoms with van der Waals surface area (Å²) in [6.45, 7) is 1.42. The summed E-state index contributed by atoms with van der Waals surface area (Å²) >= 11 is 6.07. The summed E-state index contributed by atoms with van der Waals surface area (Å²) in [4.78, 5) is 26.6. The van der Waals surface area contributed by atoms with Crippen molar-refractivity contribution in [3.63, 3.8) is 0 Å². The van der Waals surface area contributed by atoms with Crippen molar-refractivity contribution in [3.8, 4) is 5.69 Å². The van der Waals surface area contributed by atoms with Crippen LogP contribution < -0.4 is 5.73 Å². The van der Waals surface area contributed by atoms with Gasteiger partial charge in [0.05, 0.1) is 5.69 Å². The van der Waals surface area contributed by atoms with Gasteiger partial charge in [0.2, 0.25) is 5.91 Å².